The minimum Gasteiger partial charge on any atom is -0.508 e. The zero-order valence-electron chi connectivity index (χ0n) is 11.9. The minimum absolute atomic E-state index is 0.0177. The second kappa shape index (κ2) is 6.24. The minimum atomic E-state index is -5.11. The van der Waals surface area contributed by atoms with Gasteiger partial charge in [0.2, 0.25) is 0 Å². The van der Waals surface area contributed by atoms with Crippen LogP contribution in [0.5, 0.6) is 11.5 Å². The van der Waals surface area contributed by atoms with E-state index in [1.165, 1.54) is 36.4 Å². The normalized spacial score (nSPS) is 12.6. The van der Waals surface area contributed by atoms with E-state index in [1.807, 2.05) is 0 Å². The van der Waals surface area contributed by atoms with Crippen LogP contribution in [0.25, 0.3) is 12.2 Å². The molecule has 0 aromatic heterocycles. The molecule has 128 valence electrons. The van der Waals surface area contributed by atoms with Crippen molar-refractivity contribution in [1.82, 2.24) is 0 Å². The lowest BCUT2D eigenvalue weighted by Gasteiger charge is -2.10. The van der Waals surface area contributed by atoms with Crippen LogP contribution in [0, 0.1) is 0 Å². The maximum atomic E-state index is 11.5. The summed E-state index contributed by atoms with van der Waals surface area (Å²) in [6.45, 7) is 0. The molecule has 0 fully saturated rings. The Morgan fingerprint density at radius 1 is 0.708 bits per heavy atom. The van der Waals surface area contributed by atoms with Gasteiger partial charge in [-0.25, -0.2) is 0 Å². The Morgan fingerprint density at radius 2 is 1.25 bits per heavy atom. The van der Waals surface area contributed by atoms with Gasteiger partial charge in [-0.3, -0.25) is 9.11 Å². The molecule has 0 spiro atoms. The molecule has 2 rings (SSSR count). The SMILES string of the molecule is O=S(=O)(O)c1c(O)ccc(C=Cc2ccc(O)cc2)c1S(=O)(=O)O. The molecule has 8 nitrogen and oxygen atoms in total. The smallest absolute Gasteiger partial charge is 0.299 e. The summed E-state index contributed by atoms with van der Waals surface area (Å²) < 4.78 is 64.2. The summed E-state index contributed by atoms with van der Waals surface area (Å²) in [7, 11) is -10.2. The van der Waals surface area contributed by atoms with Crippen molar-refractivity contribution in [3.8, 4) is 11.5 Å². The highest BCUT2D eigenvalue weighted by atomic mass is 32.2. The summed E-state index contributed by atoms with van der Waals surface area (Å²) in [5.74, 6) is -1.00. The van der Waals surface area contributed by atoms with Gasteiger partial charge in [0.1, 0.15) is 16.4 Å². The number of phenolic OH excluding ortho intramolecular Hbond substituents is 2. The van der Waals surface area contributed by atoms with Crippen LogP contribution in [0.15, 0.2) is 46.2 Å². The van der Waals surface area contributed by atoms with Crippen LogP contribution in [0.4, 0.5) is 0 Å². The van der Waals surface area contributed by atoms with Crippen LogP contribution < -0.4 is 0 Å². The molecule has 0 radical (unpaired) electrons. The van der Waals surface area contributed by atoms with E-state index in [9.17, 15) is 31.6 Å². The third-order valence-electron chi connectivity index (χ3n) is 2.99. The lowest BCUT2D eigenvalue weighted by Crippen LogP contribution is -2.10. The average molecular weight is 372 g/mol. The van der Waals surface area contributed by atoms with Crippen LogP contribution in [0.3, 0.4) is 0 Å². The molecular weight excluding hydrogens is 360 g/mol. The predicted molar refractivity (Wildman–Crippen MR) is 84.8 cm³/mol. The van der Waals surface area contributed by atoms with Crippen LogP contribution in [-0.2, 0) is 20.2 Å². The fourth-order valence-electron chi connectivity index (χ4n) is 1.99. The van der Waals surface area contributed by atoms with E-state index in [2.05, 4.69) is 0 Å². The summed E-state index contributed by atoms with van der Waals surface area (Å²) in [5.41, 5.74) is 0.270. The fourth-order valence-corrected chi connectivity index (χ4v) is 4.07. The van der Waals surface area contributed by atoms with Gasteiger partial charge in [-0.05, 0) is 35.4 Å². The Kier molecular flexibility index (Phi) is 4.67. The molecule has 4 N–H and O–H groups in total. The molecule has 0 bridgehead atoms. The first-order valence-corrected chi connectivity index (χ1v) is 9.16. The Balaban J connectivity index is 2.69. The third kappa shape index (κ3) is 3.92. The summed E-state index contributed by atoms with van der Waals surface area (Å²) in [5, 5.41) is 18.8. The van der Waals surface area contributed by atoms with E-state index in [0.717, 1.165) is 12.1 Å². The Morgan fingerprint density at radius 3 is 1.75 bits per heavy atom. The number of rotatable bonds is 4. The van der Waals surface area contributed by atoms with E-state index in [1.54, 1.807) is 0 Å². The van der Waals surface area contributed by atoms with E-state index in [4.69, 9.17) is 4.55 Å². The topological polar surface area (TPSA) is 149 Å². The highest BCUT2D eigenvalue weighted by Gasteiger charge is 2.30. The lowest BCUT2D eigenvalue weighted by molar-refractivity contribution is 0.430. The van der Waals surface area contributed by atoms with Crippen molar-refractivity contribution in [1.29, 1.82) is 0 Å². The number of benzene rings is 2. The second-order valence-electron chi connectivity index (χ2n) is 4.71. The fraction of sp³-hybridized carbons (Fsp3) is 0. The summed E-state index contributed by atoms with van der Waals surface area (Å²) in [6.07, 6.45) is 2.55. The average Bonchev–Trinajstić information content (AvgIpc) is 2.45. The monoisotopic (exact) mass is 372 g/mol. The van der Waals surface area contributed by atoms with Gasteiger partial charge >= 0.3 is 0 Å². The maximum absolute atomic E-state index is 11.5. The van der Waals surface area contributed by atoms with Gasteiger partial charge in [-0.1, -0.05) is 24.3 Å². The first-order chi connectivity index (χ1) is 11.0. The maximum Gasteiger partial charge on any atom is 0.299 e. The van der Waals surface area contributed by atoms with Gasteiger partial charge in [0, 0.05) is 0 Å². The number of phenols is 2. The quantitative estimate of drug-likeness (QED) is 0.468. The summed E-state index contributed by atoms with van der Waals surface area (Å²) >= 11 is 0. The number of hydrogen-bond acceptors (Lipinski definition) is 6. The molecule has 0 unspecified atom stereocenters. The van der Waals surface area contributed by atoms with Crippen LogP contribution in [-0.4, -0.2) is 36.2 Å². The van der Waals surface area contributed by atoms with Gasteiger partial charge in [-0.15, -0.1) is 0 Å². The molecule has 0 aliphatic rings. The largest absolute Gasteiger partial charge is 0.508 e. The van der Waals surface area contributed by atoms with Gasteiger partial charge in [0.25, 0.3) is 20.2 Å². The molecule has 0 amide bonds. The van der Waals surface area contributed by atoms with Crippen molar-refractivity contribution in [2.75, 3.05) is 0 Å². The zero-order chi connectivity index (χ0) is 18.1. The van der Waals surface area contributed by atoms with Gasteiger partial charge in [0.05, 0.1) is 0 Å². The molecule has 0 saturated carbocycles. The number of aromatic hydroxyl groups is 2. The van der Waals surface area contributed by atoms with Crippen molar-refractivity contribution in [2.24, 2.45) is 0 Å². The molecule has 0 aliphatic heterocycles. The van der Waals surface area contributed by atoms with Gasteiger partial charge in [-0.2, -0.15) is 16.8 Å². The predicted octanol–water partition coefficient (Wildman–Crippen LogP) is 1.76. The first-order valence-electron chi connectivity index (χ1n) is 6.28. The summed E-state index contributed by atoms with van der Waals surface area (Å²) in [6, 6.07) is 7.69. The van der Waals surface area contributed by atoms with Crippen molar-refractivity contribution in [3.63, 3.8) is 0 Å². The molecule has 0 heterocycles. The van der Waals surface area contributed by atoms with Crippen molar-refractivity contribution in [2.45, 2.75) is 9.79 Å². The molecule has 10 heteroatoms. The number of hydrogen-bond donors (Lipinski definition) is 4. The molecule has 24 heavy (non-hydrogen) atoms. The lowest BCUT2D eigenvalue weighted by atomic mass is 10.1. The van der Waals surface area contributed by atoms with Crippen molar-refractivity contribution in [3.05, 3.63) is 47.5 Å². The summed E-state index contributed by atoms with van der Waals surface area (Å²) in [4.78, 5) is -2.45. The molecule has 0 aliphatic carbocycles. The Hall–Kier alpha value is -2.40. The highest BCUT2D eigenvalue weighted by molar-refractivity contribution is 7.89. The second-order valence-corrected chi connectivity index (χ2v) is 7.42. The molecule has 2 aromatic carbocycles. The van der Waals surface area contributed by atoms with Crippen LogP contribution in [0.2, 0.25) is 0 Å². The third-order valence-corrected chi connectivity index (χ3v) is 5.00. The van der Waals surface area contributed by atoms with Crippen molar-refractivity contribution < 1.29 is 36.2 Å². The van der Waals surface area contributed by atoms with Crippen LogP contribution in [0.1, 0.15) is 11.1 Å². The molecular formula is C14H12O8S2. The van der Waals surface area contributed by atoms with Gasteiger partial charge < -0.3 is 10.2 Å². The standard InChI is InChI=1S/C14H12O8S2/c15-11-6-2-9(3-7-11)1-4-10-5-8-12(16)14(24(20,21)22)13(10)23(17,18)19/h1-8,15-16H,(H,17,18,19)(H,20,21,22). The van der Waals surface area contributed by atoms with E-state index >= 15 is 0 Å². The van der Waals surface area contributed by atoms with Crippen LogP contribution >= 0.6 is 0 Å². The van der Waals surface area contributed by atoms with E-state index < -0.39 is 35.8 Å². The van der Waals surface area contributed by atoms with Crippen molar-refractivity contribution >= 4 is 32.4 Å². The molecule has 2 aromatic rings. The zero-order valence-corrected chi connectivity index (χ0v) is 13.5. The molecule has 0 saturated heterocycles. The first kappa shape index (κ1) is 17.9. The highest BCUT2D eigenvalue weighted by Crippen LogP contribution is 2.33. The Bertz CT molecular complexity index is 1000. The van der Waals surface area contributed by atoms with E-state index in [-0.39, 0.29) is 11.3 Å². The van der Waals surface area contributed by atoms with Gasteiger partial charge in [0.15, 0.2) is 4.90 Å². The van der Waals surface area contributed by atoms with E-state index in [0.29, 0.717) is 5.56 Å². The Labute approximate surface area is 137 Å². The molecule has 0 atom stereocenters.